The van der Waals surface area contributed by atoms with Crippen molar-refractivity contribution in [1.29, 1.82) is 0 Å². The first-order chi connectivity index (χ1) is 28.1. The first kappa shape index (κ1) is 44.5. The monoisotopic (exact) mass is 826 g/mol. The SMILES string of the molecule is CCC(C)[C@H]1O[C@]2(C=C[C@@H]1C)C[C@@H]1C[C@@H](C/C=C(\C)[C@@H](OC3C[C@H](OC)[C@@H](OC4CCC(=O)CO4)[C@H](C)O3)C(C)/C=C/C=C3\CO[C@@H]4[C@H](O)C(C)=C[C@@H](C(=O)O1)[C@]34O)O2. The number of carbonyl (C=O) groups excluding carboxylic acids is 2. The summed E-state index contributed by atoms with van der Waals surface area (Å²) in [6.07, 6.45) is 11.1. The Morgan fingerprint density at radius 3 is 2.49 bits per heavy atom. The van der Waals surface area contributed by atoms with Crippen LogP contribution in [0, 0.1) is 23.7 Å². The Labute approximate surface area is 349 Å². The van der Waals surface area contributed by atoms with E-state index < -0.39 is 72.5 Å². The van der Waals surface area contributed by atoms with Gasteiger partial charge >= 0.3 is 5.97 Å². The molecule has 0 aromatic rings. The molecule has 0 aromatic heterocycles. The smallest absolute Gasteiger partial charge is 0.316 e. The highest BCUT2D eigenvalue weighted by molar-refractivity contribution is 5.80. The second-order valence-corrected chi connectivity index (χ2v) is 18.0. The molecule has 1 spiro atoms. The number of aliphatic hydroxyl groups excluding tert-OH is 1. The zero-order valence-electron chi connectivity index (χ0n) is 36.0. The first-order valence-electron chi connectivity index (χ1n) is 21.8. The molecule has 6 aliphatic heterocycles. The number of methoxy groups -OCH3 is 1. The van der Waals surface area contributed by atoms with Gasteiger partial charge in [-0.2, -0.15) is 0 Å². The molecule has 4 saturated heterocycles. The molecule has 7 rings (SSSR count). The van der Waals surface area contributed by atoms with Crippen LogP contribution in [0.4, 0.5) is 0 Å². The van der Waals surface area contributed by atoms with Gasteiger partial charge in [-0.3, -0.25) is 9.59 Å². The van der Waals surface area contributed by atoms with Crippen LogP contribution in [0.3, 0.4) is 0 Å². The van der Waals surface area contributed by atoms with E-state index >= 15 is 0 Å². The number of esters is 1. The van der Waals surface area contributed by atoms with Crippen molar-refractivity contribution in [3.8, 4) is 0 Å². The van der Waals surface area contributed by atoms with E-state index in [1.165, 1.54) is 0 Å². The number of hydrogen-bond donors (Lipinski definition) is 2. The minimum atomic E-state index is -1.83. The summed E-state index contributed by atoms with van der Waals surface area (Å²) in [4.78, 5) is 26.1. The second kappa shape index (κ2) is 18.4. The molecule has 0 aromatic carbocycles. The molecule has 6 heterocycles. The van der Waals surface area contributed by atoms with Gasteiger partial charge in [-0.05, 0) is 55.9 Å². The summed E-state index contributed by atoms with van der Waals surface area (Å²) >= 11 is 0. The molecule has 59 heavy (non-hydrogen) atoms. The van der Waals surface area contributed by atoms with Crippen LogP contribution in [-0.4, -0.2) is 121 Å². The van der Waals surface area contributed by atoms with Gasteiger partial charge in [0, 0.05) is 51.0 Å². The molecule has 0 saturated carbocycles. The Morgan fingerprint density at radius 2 is 1.76 bits per heavy atom. The molecule has 4 unspecified atom stereocenters. The lowest BCUT2D eigenvalue weighted by atomic mass is 9.71. The van der Waals surface area contributed by atoms with Crippen molar-refractivity contribution in [2.24, 2.45) is 23.7 Å². The van der Waals surface area contributed by atoms with Crippen LogP contribution in [0.25, 0.3) is 0 Å². The van der Waals surface area contributed by atoms with Gasteiger partial charge in [-0.25, -0.2) is 0 Å². The summed E-state index contributed by atoms with van der Waals surface area (Å²) in [5.41, 5.74) is 0.152. The molecule has 1 aliphatic carbocycles. The van der Waals surface area contributed by atoms with Crippen molar-refractivity contribution >= 4 is 11.8 Å². The fourth-order valence-electron chi connectivity index (χ4n) is 9.96. The molecule has 0 amide bonds. The Morgan fingerprint density at radius 1 is 0.966 bits per heavy atom. The molecule has 2 N–H and O–H groups in total. The molecule has 13 nitrogen and oxygen atoms in total. The van der Waals surface area contributed by atoms with Gasteiger partial charge in [0.1, 0.15) is 42.5 Å². The molecular formula is C46H66O13. The molecule has 0 radical (unpaired) electrons. The van der Waals surface area contributed by atoms with Crippen molar-refractivity contribution in [2.45, 2.75) is 172 Å². The highest BCUT2D eigenvalue weighted by Gasteiger charge is 2.60. The minimum Gasteiger partial charge on any atom is -0.462 e. The van der Waals surface area contributed by atoms with E-state index in [9.17, 15) is 19.8 Å². The molecule has 2 bridgehead atoms. The number of carbonyl (C=O) groups is 2. The molecule has 13 heteroatoms. The summed E-state index contributed by atoms with van der Waals surface area (Å²) in [5.74, 6) is -2.46. The predicted molar refractivity (Wildman–Crippen MR) is 216 cm³/mol. The Kier molecular flexibility index (Phi) is 13.9. The van der Waals surface area contributed by atoms with Crippen LogP contribution >= 0.6 is 0 Å². The predicted octanol–water partition coefficient (Wildman–Crippen LogP) is 5.57. The van der Waals surface area contributed by atoms with Crippen LogP contribution < -0.4 is 0 Å². The number of ketones is 1. The van der Waals surface area contributed by atoms with Gasteiger partial charge in [0.15, 0.2) is 24.2 Å². The summed E-state index contributed by atoms with van der Waals surface area (Å²) in [6, 6.07) is 0. The van der Waals surface area contributed by atoms with Crippen molar-refractivity contribution < 1.29 is 62.4 Å². The molecule has 7 aliphatic rings. The lowest BCUT2D eigenvalue weighted by Gasteiger charge is -2.48. The number of fused-ring (bicyclic) bond motifs is 2. The third-order valence-electron chi connectivity index (χ3n) is 13.6. The second-order valence-electron chi connectivity index (χ2n) is 18.0. The van der Waals surface area contributed by atoms with Crippen LogP contribution in [0.5, 0.6) is 0 Å². The Hall–Kier alpha value is -2.56. The Bertz CT molecular complexity index is 1680. The zero-order chi connectivity index (χ0) is 42.2. The minimum absolute atomic E-state index is 0.0363. The van der Waals surface area contributed by atoms with Gasteiger partial charge in [0.05, 0.1) is 37.1 Å². The van der Waals surface area contributed by atoms with Crippen molar-refractivity contribution in [1.82, 2.24) is 0 Å². The van der Waals surface area contributed by atoms with E-state index in [1.807, 2.05) is 32.1 Å². The van der Waals surface area contributed by atoms with Crippen LogP contribution in [0.2, 0.25) is 0 Å². The molecule has 17 atom stereocenters. The summed E-state index contributed by atoms with van der Waals surface area (Å²) in [7, 11) is 1.65. The van der Waals surface area contributed by atoms with Gasteiger partial charge in [-0.15, -0.1) is 0 Å². The third kappa shape index (κ3) is 9.31. The third-order valence-corrected chi connectivity index (χ3v) is 13.6. The highest BCUT2D eigenvalue weighted by atomic mass is 16.7. The van der Waals surface area contributed by atoms with Gasteiger partial charge in [0.2, 0.25) is 0 Å². The quantitative estimate of drug-likeness (QED) is 0.243. The number of aliphatic hydroxyl groups is 2. The summed E-state index contributed by atoms with van der Waals surface area (Å²) < 4.78 is 57.4. The highest BCUT2D eigenvalue weighted by Crippen LogP contribution is 2.47. The van der Waals surface area contributed by atoms with E-state index in [2.05, 4.69) is 39.8 Å². The largest absolute Gasteiger partial charge is 0.462 e. The maximum Gasteiger partial charge on any atom is 0.316 e. The summed E-state index contributed by atoms with van der Waals surface area (Å²) in [5, 5.41) is 23.7. The van der Waals surface area contributed by atoms with Gasteiger partial charge < -0.3 is 52.8 Å². The van der Waals surface area contributed by atoms with Crippen molar-refractivity contribution in [3.63, 3.8) is 0 Å². The molecule has 4 fully saturated rings. The van der Waals surface area contributed by atoms with E-state index in [-0.39, 0.29) is 55.1 Å². The Balaban J connectivity index is 1.20. The topological polar surface area (TPSA) is 158 Å². The van der Waals surface area contributed by atoms with Crippen LogP contribution in [0.1, 0.15) is 93.4 Å². The molecule has 328 valence electrons. The van der Waals surface area contributed by atoms with E-state index in [1.54, 1.807) is 26.2 Å². The average molecular weight is 827 g/mol. The zero-order valence-corrected chi connectivity index (χ0v) is 36.0. The standard InChI is InChI=1S/C46H66O13/c1-9-25(2)41-28(5)17-18-45(59-41)22-34-20-33(58-45)15-13-27(4)40(57-38-21-36(51-8)42(30(7)54-38)56-37-16-14-32(47)24-52-37)26(3)11-10-12-31-23-53-43-39(48)29(6)19-35(44(49)55-34)46(31,43)50/h10-13,17-19,25-26,28,30,33-43,48,50H,9,14-16,20-24H2,1-8H3/b11-10+,27-13+,31-12+/t25?,26?,28-,30-,33+,34-,35-,36-,37?,38?,39+,40-,41+,42-,43+,45+,46+/m0/s1. The number of hydrogen-bond acceptors (Lipinski definition) is 13. The number of rotatable bonds is 7. The average Bonchev–Trinajstić information content (AvgIpc) is 3.55. The lowest BCUT2D eigenvalue weighted by Crippen LogP contribution is -2.58. The van der Waals surface area contributed by atoms with Gasteiger partial charge in [-0.1, -0.05) is 70.6 Å². The van der Waals surface area contributed by atoms with E-state index in [0.29, 0.717) is 49.7 Å². The van der Waals surface area contributed by atoms with E-state index in [4.69, 9.17) is 42.6 Å². The maximum absolute atomic E-state index is 14.3. The van der Waals surface area contributed by atoms with Crippen LogP contribution in [-0.2, 0) is 52.2 Å². The summed E-state index contributed by atoms with van der Waals surface area (Å²) in [6.45, 7) is 14.3. The fraction of sp³-hybridized carbons (Fsp3) is 0.739. The normalized spacial score (nSPS) is 47.3. The lowest BCUT2D eigenvalue weighted by molar-refractivity contribution is -0.300. The number of Topliss-reactive ketones (excluding diaryl/α,β-unsaturated/α-hetero) is 1. The van der Waals surface area contributed by atoms with E-state index in [0.717, 1.165) is 12.0 Å². The van der Waals surface area contributed by atoms with Crippen molar-refractivity contribution in [2.75, 3.05) is 20.3 Å². The first-order valence-corrected chi connectivity index (χ1v) is 21.8. The maximum atomic E-state index is 14.3. The van der Waals surface area contributed by atoms with Gasteiger partial charge in [0.25, 0.3) is 0 Å². The number of allylic oxidation sites excluding steroid dienone is 2. The van der Waals surface area contributed by atoms with Crippen molar-refractivity contribution in [3.05, 3.63) is 59.3 Å². The van der Waals surface area contributed by atoms with Crippen LogP contribution in [0.15, 0.2) is 59.3 Å². The fourth-order valence-corrected chi connectivity index (χ4v) is 9.96. The number of ether oxygens (including phenoxy) is 9. The molecular weight excluding hydrogens is 760 g/mol.